The molecular weight excluding hydrogens is 544 g/mol. The Balaban J connectivity index is 1.31. The first-order valence-corrected chi connectivity index (χ1v) is 14.5. The number of rotatable bonds is 10. The summed E-state index contributed by atoms with van der Waals surface area (Å²) in [5.41, 5.74) is 2.71. The van der Waals surface area contributed by atoms with E-state index in [0.717, 1.165) is 29.9 Å². The summed E-state index contributed by atoms with van der Waals surface area (Å²) in [5, 5.41) is 18.7. The van der Waals surface area contributed by atoms with E-state index in [1.807, 2.05) is 13.8 Å². The van der Waals surface area contributed by atoms with Gasteiger partial charge in [0.25, 0.3) is 0 Å². The number of carboxylic acids is 1. The molecule has 6 rings (SSSR count). The quantitative estimate of drug-likeness (QED) is 0.277. The van der Waals surface area contributed by atoms with Crippen molar-refractivity contribution in [3.8, 4) is 0 Å². The second-order valence-electron chi connectivity index (χ2n) is 11.1. The number of nitrogens with zero attached hydrogens (tertiary/aromatic N) is 5. The van der Waals surface area contributed by atoms with Gasteiger partial charge in [-0.3, -0.25) is 0 Å². The highest BCUT2D eigenvalue weighted by Crippen LogP contribution is 2.50. The highest BCUT2D eigenvalue weighted by atomic mass is 32.2. The summed E-state index contributed by atoms with van der Waals surface area (Å²) in [6.45, 7) is 5.28. The Morgan fingerprint density at radius 2 is 2.00 bits per heavy atom. The van der Waals surface area contributed by atoms with Crippen LogP contribution >= 0.6 is 11.8 Å². The lowest BCUT2D eigenvalue weighted by molar-refractivity contribution is -0.173. The Labute approximate surface area is 233 Å². The summed E-state index contributed by atoms with van der Waals surface area (Å²) >= 11 is 1.56. The summed E-state index contributed by atoms with van der Waals surface area (Å²) in [5.74, 6) is -2.42. The minimum absolute atomic E-state index is 0.121. The predicted molar refractivity (Wildman–Crippen MR) is 140 cm³/mol. The van der Waals surface area contributed by atoms with Gasteiger partial charge in [0.15, 0.2) is 33.7 Å². The molecule has 2 aromatic heterocycles. The van der Waals surface area contributed by atoms with Crippen molar-refractivity contribution < 1.29 is 32.9 Å². The summed E-state index contributed by atoms with van der Waals surface area (Å²) < 4.78 is 47.0. The predicted octanol–water partition coefficient (Wildman–Crippen LogP) is 4.28. The van der Waals surface area contributed by atoms with E-state index in [0.29, 0.717) is 29.2 Å². The van der Waals surface area contributed by atoms with Crippen molar-refractivity contribution in [1.29, 1.82) is 0 Å². The van der Waals surface area contributed by atoms with E-state index in [2.05, 4.69) is 17.2 Å². The lowest BCUT2D eigenvalue weighted by Crippen LogP contribution is -2.32. The van der Waals surface area contributed by atoms with Gasteiger partial charge < -0.3 is 19.3 Å². The van der Waals surface area contributed by atoms with Crippen LogP contribution in [-0.2, 0) is 25.4 Å². The molecule has 1 aromatic carbocycles. The van der Waals surface area contributed by atoms with Crippen LogP contribution in [0.25, 0.3) is 11.2 Å². The second kappa shape index (κ2) is 10.6. The summed E-state index contributed by atoms with van der Waals surface area (Å²) in [6, 6.07) is 3.76. The first kappa shape index (κ1) is 27.4. The van der Waals surface area contributed by atoms with Crippen LogP contribution in [0.15, 0.2) is 23.4 Å². The third-order valence-electron chi connectivity index (χ3n) is 7.68. The van der Waals surface area contributed by atoms with Crippen molar-refractivity contribution in [2.24, 2.45) is 5.92 Å². The fourth-order valence-electron chi connectivity index (χ4n) is 5.85. The van der Waals surface area contributed by atoms with Crippen molar-refractivity contribution in [3.05, 3.63) is 41.1 Å². The normalized spacial score (nSPS) is 28.7. The highest BCUT2D eigenvalue weighted by molar-refractivity contribution is 7.99. The monoisotopic (exact) mass is 575 g/mol. The number of thioether (sulfide) groups is 1. The van der Waals surface area contributed by atoms with Crippen molar-refractivity contribution in [1.82, 2.24) is 25.0 Å². The molecule has 214 valence electrons. The molecule has 3 heterocycles. The van der Waals surface area contributed by atoms with Crippen molar-refractivity contribution in [3.63, 3.8) is 0 Å². The van der Waals surface area contributed by atoms with Gasteiger partial charge in [0, 0.05) is 12.2 Å². The Bertz CT molecular complexity index is 1440. The van der Waals surface area contributed by atoms with E-state index in [1.54, 1.807) is 22.5 Å². The van der Waals surface area contributed by atoms with Crippen molar-refractivity contribution >= 4 is 28.9 Å². The molecule has 3 aromatic rings. The lowest BCUT2D eigenvalue weighted by atomic mass is 10.1. The molecule has 1 aliphatic heterocycles. The van der Waals surface area contributed by atoms with Crippen molar-refractivity contribution in [2.45, 2.75) is 87.7 Å². The Morgan fingerprint density at radius 1 is 1.20 bits per heavy atom. The standard InChI is InChI=1S/C27H31F2N5O5S/c1-4-7-40-26-30-18(10-14-8-15(14)13-5-6-16(28)17(29)9-13)22-25(31-26)34(33-32-22)19-11-20(37-12-21(35)36)24-23(19)38-27(2,3)39-24/h5-6,9,14-15,19-20,23-24H,4,7-8,10-12H2,1-3H3,(H,35,36)/t14?,15-,19?,20+,23+,24-/m1/s1. The number of hydrogen-bond donors (Lipinski definition) is 1. The summed E-state index contributed by atoms with van der Waals surface area (Å²) in [7, 11) is 0. The van der Waals surface area contributed by atoms with Gasteiger partial charge in [-0.25, -0.2) is 28.2 Å². The largest absolute Gasteiger partial charge is 0.480 e. The average molecular weight is 576 g/mol. The maximum absolute atomic E-state index is 13.8. The van der Waals surface area contributed by atoms with Gasteiger partial charge in [-0.05, 0) is 62.6 Å². The first-order chi connectivity index (χ1) is 19.1. The van der Waals surface area contributed by atoms with Crippen LogP contribution in [0.5, 0.6) is 0 Å². The Morgan fingerprint density at radius 3 is 2.75 bits per heavy atom. The zero-order valence-corrected chi connectivity index (χ0v) is 23.2. The van der Waals surface area contributed by atoms with E-state index in [9.17, 15) is 13.6 Å². The molecule has 10 nitrogen and oxygen atoms in total. The van der Waals surface area contributed by atoms with E-state index in [4.69, 9.17) is 29.3 Å². The highest BCUT2D eigenvalue weighted by Gasteiger charge is 2.56. The molecule has 0 spiro atoms. The number of hydrogen-bond acceptors (Lipinski definition) is 9. The first-order valence-electron chi connectivity index (χ1n) is 13.5. The zero-order valence-electron chi connectivity index (χ0n) is 22.4. The zero-order chi connectivity index (χ0) is 28.2. The SMILES string of the molecule is CCCSc1nc(CC2C[C@@H]2c2ccc(F)c(F)c2)c2nnn(C3C[C@H](OCC(=O)O)[C@H]4OC(C)(C)O[C@@H]34)c2n1. The Kier molecular flexibility index (Phi) is 7.26. The molecule has 6 atom stereocenters. The maximum atomic E-state index is 13.8. The Hall–Kier alpha value is -2.74. The van der Waals surface area contributed by atoms with Crippen LogP contribution in [0.2, 0.25) is 0 Å². The van der Waals surface area contributed by atoms with Gasteiger partial charge in [-0.1, -0.05) is 30.0 Å². The van der Waals surface area contributed by atoms with E-state index < -0.39 is 48.3 Å². The van der Waals surface area contributed by atoms with Crippen LogP contribution in [0, 0.1) is 17.6 Å². The number of ether oxygens (including phenoxy) is 3. The van der Waals surface area contributed by atoms with Gasteiger partial charge in [-0.15, -0.1) is 5.10 Å². The van der Waals surface area contributed by atoms with Crippen LogP contribution in [0.1, 0.15) is 63.3 Å². The number of aromatic nitrogens is 5. The molecular formula is C27H31F2N5O5S. The lowest BCUT2D eigenvalue weighted by Gasteiger charge is -2.23. The van der Waals surface area contributed by atoms with Crippen LogP contribution < -0.4 is 0 Å². The number of aliphatic carboxylic acids is 1. The summed E-state index contributed by atoms with van der Waals surface area (Å²) in [4.78, 5) is 20.8. The molecule has 0 bridgehead atoms. The van der Waals surface area contributed by atoms with Crippen LogP contribution in [-0.4, -0.2) is 72.5 Å². The molecule has 0 amide bonds. The molecule has 13 heteroatoms. The van der Waals surface area contributed by atoms with Crippen LogP contribution in [0.3, 0.4) is 0 Å². The van der Waals surface area contributed by atoms with Gasteiger partial charge in [0.2, 0.25) is 0 Å². The molecule has 1 N–H and O–H groups in total. The third-order valence-corrected chi connectivity index (χ3v) is 8.73. The van der Waals surface area contributed by atoms with Gasteiger partial charge in [0.05, 0.1) is 17.8 Å². The topological polar surface area (TPSA) is 121 Å². The number of halogens is 2. The molecule has 2 aliphatic carbocycles. The number of carbonyl (C=O) groups is 1. The second-order valence-corrected chi connectivity index (χ2v) is 12.2. The molecule has 1 saturated heterocycles. The molecule has 2 unspecified atom stereocenters. The van der Waals surface area contributed by atoms with E-state index >= 15 is 0 Å². The van der Waals surface area contributed by atoms with E-state index in [1.165, 1.54) is 12.1 Å². The molecule has 0 radical (unpaired) electrons. The van der Waals surface area contributed by atoms with Crippen molar-refractivity contribution in [2.75, 3.05) is 12.4 Å². The maximum Gasteiger partial charge on any atom is 0.329 e. The number of benzene rings is 1. The fraction of sp³-hybridized carbons (Fsp3) is 0.593. The minimum Gasteiger partial charge on any atom is -0.480 e. The smallest absolute Gasteiger partial charge is 0.329 e. The number of carboxylic acid groups (broad SMARTS) is 1. The van der Waals surface area contributed by atoms with Gasteiger partial charge in [-0.2, -0.15) is 0 Å². The minimum atomic E-state index is -1.05. The van der Waals surface area contributed by atoms with Crippen LogP contribution in [0.4, 0.5) is 8.78 Å². The molecule has 3 fully saturated rings. The van der Waals surface area contributed by atoms with E-state index in [-0.39, 0.29) is 17.9 Å². The summed E-state index contributed by atoms with van der Waals surface area (Å²) in [6.07, 6.45) is 1.45. The van der Waals surface area contributed by atoms with Gasteiger partial charge in [0.1, 0.15) is 18.8 Å². The average Bonchev–Trinajstić information content (AvgIpc) is 3.24. The number of fused-ring (bicyclic) bond motifs is 2. The molecule has 2 saturated carbocycles. The van der Waals surface area contributed by atoms with Gasteiger partial charge >= 0.3 is 5.97 Å². The third kappa shape index (κ3) is 5.31. The fourth-order valence-corrected chi connectivity index (χ4v) is 6.56. The molecule has 3 aliphatic rings. The molecule has 40 heavy (non-hydrogen) atoms.